The van der Waals surface area contributed by atoms with E-state index in [2.05, 4.69) is 0 Å². The fraction of sp³-hybridized carbons (Fsp3) is 0.200. The van der Waals surface area contributed by atoms with Crippen LogP contribution in [0.4, 0.5) is 0 Å². The van der Waals surface area contributed by atoms with Gasteiger partial charge in [0.25, 0.3) is 5.56 Å². The van der Waals surface area contributed by atoms with E-state index in [9.17, 15) is 14.7 Å². The first kappa shape index (κ1) is 14.3. The summed E-state index contributed by atoms with van der Waals surface area (Å²) in [6, 6.07) is 8.50. The van der Waals surface area contributed by atoms with Crippen molar-refractivity contribution in [1.82, 2.24) is 4.57 Å². The maximum Gasteiger partial charge on any atom is 0.337 e. The highest BCUT2D eigenvalue weighted by Crippen LogP contribution is 2.15. The van der Waals surface area contributed by atoms with Crippen LogP contribution in [0.1, 0.15) is 27.2 Å². The number of carbonyl (C=O) groups is 1. The zero-order valence-electron chi connectivity index (χ0n) is 11.2. The Labute approximate surface area is 121 Å². The number of benzene rings is 1. The highest BCUT2D eigenvalue weighted by Gasteiger charge is 2.15. The molecular formula is C15H14ClNO3. The summed E-state index contributed by atoms with van der Waals surface area (Å²) < 4.78 is 1.45. The van der Waals surface area contributed by atoms with Crippen molar-refractivity contribution in [2.45, 2.75) is 20.4 Å². The molecule has 104 valence electrons. The molecule has 0 aliphatic rings. The van der Waals surface area contributed by atoms with Crippen molar-refractivity contribution >= 4 is 17.6 Å². The summed E-state index contributed by atoms with van der Waals surface area (Å²) in [4.78, 5) is 23.3. The van der Waals surface area contributed by atoms with Crippen LogP contribution >= 0.6 is 11.6 Å². The van der Waals surface area contributed by atoms with E-state index in [0.29, 0.717) is 22.8 Å². The van der Waals surface area contributed by atoms with Gasteiger partial charge >= 0.3 is 5.97 Å². The predicted molar refractivity (Wildman–Crippen MR) is 77.7 cm³/mol. The number of aryl methyl sites for hydroxylation is 1. The van der Waals surface area contributed by atoms with Crippen LogP contribution in [0, 0.1) is 13.8 Å². The minimum absolute atomic E-state index is 0.173. The summed E-state index contributed by atoms with van der Waals surface area (Å²) in [7, 11) is 0. The minimum Gasteiger partial charge on any atom is -0.478 e. The second kappa shape index (κ2) is 5.51. The molecular weight excluding hydrogens is 278 g/mol. The minimum atomic E-state index is -1.03. The molecule has 0 saturated heterocycles. The zero-order valence-corrected chi connectivity index (χ0v) is 11.9. The van der Waals surface area contributed by atoms with Gasteiger partial charge in [-0.05, 0) is 37.1 Å². The second-order valence-corrected chi connectivity index (χ2v) is 5.08. The summed E-state index contributed by atoms with van der Waals surface area (Å²) in [5, 5.41) is 9.82. The molecule has 0 atom stereocenters. The van der Waals surface area contributed by atoms with Gasteiger partial charge in [0.1, 0.15) is 0 Å². The molecule has 5 heteroatoms. The number of pyridine rings is 1. The summed E-state index contributed by atoms with van der Waals surface area (Å²) in [6.45, 7) is 3.57. The standard InChI is InChI=1S/C15H14ClNO3/c1-9-6-13(18)17(10(2)14(9)15(19)20)8-11-4-3-5-12(16)7-11/h3-7H,8H2,1-2H3,(H,19,20). The van der Waals surface area contributed by atoms with Gasteiger partial charge in [0.2, 0.25) is 0 Å². The van der Waals surface area contributed by atoms with Gasteiger partial charge in [-0.25, -0.2) is 4.79 Å². The molecule has 20 heavy (non-hydrogen) atoms. The van der Waals surface area contributed by atoms with E-state index in [0.717, 1.165) is 5.56 Å². The van der Waals surface area contributed by atoms with Gasteiger partial charge < -0.3 is 9.67 Å². The van der Waals surface area contributed by atoms with Crippen molar-refractivity contribution in [3.8, 4) is 0 Å². The third kappa shape index (κ3) is 2.75. The first-order valence-electron chi connectivity index (χ1n) is 6.09. The number of nitrogens with zero attached hydrogens (tertiary/aromatic N) is 1. The van der Waals surface area contributed by atoms with E-state index in [1.165, 1.54) is 10.6 Å². The Morgan fingerprint density at radius 3 is 2.60 bits per heavy atom. The van der Waals surface area contributed by atoms with Crippen LogP contribution in [0.3, 0.4) is 0 Å². The maximum atomic E-state index is 12.1. The smallest absolute Gasteiger partial charge is 0.337 e. The Morgan fingerprint density at radius 2 is 2.00 bits per heavy atom. The molecule has 0 saturated carbocycles. The fourth-order valence-corrected chi connectivity index (χ4v) is 2.47. The molecule has 0 amide bonds. The SMILES string of the molecule is Cc1cc(=O)n(Cc2cccc(Cl)c2)c(C)c1C(=O)O. The molecule has 0 aliphatic carbocycles. The second-order valence-electron chi connectivity index (χ2n) is 4.65. The molecule has 0 spiro atoms. The lowest BCUT2D eigenvalue weighted by Crippen LogP contribution is -2.26. The number of aromatic carboxylic acids is 1. The van der Waals surface area contributed by atoms with Gasteiger partial charge in [0, 0.05) is 16.8 Å². The van der Waals surface area contributed by atoms with Crippen LogP contribution in [0.2, 0.25) is 5.02 Å². The Morgan fingerprint density at radius 1 is 1.30 bits per heavy atom. The molecule has 2 rings (SSSR count). The lowest BCUT2D eigenvalue weighted by molar-refractivity contribution is 0.0694. The van der Waals surface area contributed by atoms with Gasteiger partial charge in [-0.3, -0.25) is 4.79 Å². The van der Waals surface area contributed by atoms with E-state index in [4.69, 9.17) is 11.6 Å². The molecule has 0 radical (unpaired) electrons. The summed E-state index contributed by atoms with van der Waals surface area (Å²) in [5.41, 5.74) is 1.73. The van der Waals surface area contributed by atoms with Crippen LogP contribution in [-0.2, 0) is 6.54 Å². The van der Waals surface area contributed by atoms with E-state index in [1.54, 1.807) is 32.0 Å². The van der Waals surface area contributed by atoms with E-state index in [-0.39, 0.29) is 11.1 Å². The molecule has 0 bridgehead atoms. The van der Waals surface area contributed by atoms with Crippen molar-refractivity contribution in [3.63, 3.8) is 0 Å². The summed E-state index contributed by atoms with van der Waals surface area (Å²) in [5.74, 6) is -1.03. The van der Waals surface area contributed by atoms with E-state index >= 15 is 0 Å². The van der Waals surface area contributed by atoms with E-state index in [1.807, 2.05) is 6.07 Å². The summed E-state index contributed by atoms with van der Waals surface area (Å²) >= 11 is 5.92. The highest BCUT2D eigenvalue weighted by molar-refractivity contribution is 6.30. The van der Waals surface area contributed by atoms with Crippen molar-refractivity contribution < 1.29 is 9.90 Å². The van der Waals surface area contributed by atoms with Gasteiger partial charge in [-0.2, -0.15) is 0 Å². The molecule has 2 aromatic rings. The normalized spacial score (nSPS) is 10.6. The van der Waals surface area contributed by atoms with Crippen molar-refractivity contribution in [3.05, 3.63) is 68.1 Å². The first-order chi connectivity index (χ1) is 9.40. The van der Waals surface area contributed by atoms with E-state index < -0.39 is 5.97 Å². The Kier molecular flexibility index (Phi) is 3.95. The molecule has 1 aromatic carbocycles. The number of hydrogen-bond acceptors (Lipinski definition) is 2. The van der Waals surface area contributed by atoms with Crippen LogP contribution in [-0.4, -0.2) is 15.6 Å². The number of hydrogen-bond donors (Lipinski definition) is 1. The van der Waals surface area contributed by atoms with Crippen molar-refractivity contribution in [2.24, 2.45) is 0 Å². The Hall–Kier alpha value is -2.07. The largest absolute Gasteiger partial charge is 0.478 e. The van der Waals surface area contributed by atoms with Gasteiger partial charge in [-0.15, -0.1) is 0 Å². The molecule has 0 unspecified atom stereocenters. The monoisotopic (exact) mass is 291 g/mol. The predicted octanol–water partition coefficient (Wildman–Crippen LogP) is 2.87. The molecule has 1 aromatic heterocycles. The number of rotatable bonds is 3. The maximum absolute atomic E-state index is 12.1. The highest BCUT2D eigenvalue weighted by atomic mass is 35.5. The lowest BCUT2D eigenvalue weighted by atomic mass is 10.1. The Balaban J connectivity index is 2.55. The van der Waals surface area contributed by atoms with Crippen molar-refractivity contribution in [1.29, 1.82) is 0 Å². The molecule has 0 aliphatic heterocycles. The van der Waals surface area contributed by atoms with Crippen LogP contribution < -0.4 is 5.56 Å². The number of carboxylic acids is 1. The third-order valence-electron chi connectivity index (χ3n) is 3.21. The quantitative estimate of drug-likeness (QED) is 0.946. The molecule has 1 heterocycles. The van der Waals surface area contributed by atoms with Gasteiger partial charge in [0.05, 0.1) is 12.1 Å². The summed E-state index contributed by atoms with van der Waals surface area (Å²) in [6.07, 6.45) is 0. The first-order valence-corrected chi connectivity index (χ1v) is 6.46. The van der Waals surface area contributed by atoms with Crippen LogP contribution in [0.15, 0.2) is 35.1 Å². The number of carboxylic acid groups (broad SMARTS) is 1. The van der Waals surface area contributed by atoms with Gasteiger partial charge in [0.15, 0.2) is 0 Å². The number of aromatic nitrogens is 1. The molecule has 0 fully saturated rings. The van der Waals surface area contributed by atoms with Crippen molar-refractivity contribution in [2.75, 3.05) is 0 Å². The number of halogens is 1. The van der Waals surface area contributed by atoms with Gasteiger partial charge in [-0.1, -0.05) is 23.7 Å². The molecule has 4 nitrogen and oxygen atoms in total. The van der Waals surface area contributed by atoms with Crippen LogP contribution in [0.5, 0.6) is 0 Å². The van der Waals surface area contributed by atoms with Crippen LogP contribution in [0.25, 0.3) is 0 Å². The average molecular weight is 292 g/mol. The average Bonchev–Trinajstić information content (AvgIpc) is 2.33. The fourth-order valence-electron chi connectivity index (χ4n) is 2.26. The lowest BCUT2D eigenvalue weighted by Gasteiger charge is -2.14. The zero-order chi connectivity index (χ0) is 14.9. The molecule has 1 N–H and O–H groups in total. The third-order valence-corrected chi connectivity index (χ3v) is 3.45. The topological polar surface area (TPSA) is 59.3 Å². The Bertz CT molecular complexity index is 734.